The summed E-state index contributed by atoms with van der Waals surface area (Å²) in [6, 6.07) is 16.6. The summed E-state index contributed by atoms with van der Waals surface area (Å²) in [6.45, 7) is 6.69. The Morgan fingerprint density at radius 3 is 1.57 bits per heavy atom. The van der Waals surface area contributed by atoms with Gasteiger partial charge < -0.3 is 5.73 Å². The second kappa shape index (κ2) is 6.45. The van der Waals surface area contributed by atoms with Crippen LogP contribution in [0.1, 0.15) is 37.5 Å². The number of hydrogen-bond acceptors (Lipinski definition) is 1. The molecular formula is C20H23N. The maximum atomic E-state index is 5.66. The Labute approximate surface area is 127 Å². The Balaban J connectivity index is 1.99. The first kappa shape index (κ1) is 15.1. The summed E-state index contributed by atoms with van der Waals surface area (Å²) in [6.07, 6.45) is 8.28. The van der Waals surface area contributed by atoms with Gasteiger partial charge in [0.1, 0.15) is 0 Å². The van der Waals surface area contributed by atoms with Gasteiger partial charge in [0.25, 0.3) is 0 Å². The molecule has 0 heterocycles. The molecule has 0 amide bonds. The third kappa shape index (κ3) is 4.64. The lowest BCUT2D eigenvalue weighted by atomic mass is 9.87. The first-order valence-corrected chi connectivity index (χ1v) is 7.26. The molecule has 2 rings (SSSR count). The number of allylic oxidation sites excluding steroid dienone is 2. The second-order valence-electron chi connectivity index (χ2n) is 6.26. The predicted octanol–water partition coefficient (Wildman–Crippen LogP) is 5.29. The van der Waals surface area contributed by atoms with Crippen LogP contribution in [0, 0.1) is 0 Å². The summed E-state index contributed by atoms with van der Waals surface area (Å²) in [4.78, 5) is 0. The van der Waals surface area contributed by atoms with Gasteiger partial charge in [-0.1, -0.05) is 81.5 Å². The van der Waals surface area contributed by atoms with E-state index in [-0.39, 0.29) is 5.41 Å². The molecule has 0 radical (unpaired) electrons. The average Bonchev–Trinajstić information content (AvgIpc) is 2.45. The fourth-order valence-corrected chi connectivity index (χ4v) is 2.03. The average molecular weight is 277 g/mol. The molecule has 2 N–H and O–H groups in total. The molecule has 0 aliphatic carbocycles. The zero-order chi connectivity index (χ0) is 15.3. The molecule has 0 unspecified atom stereocenters. The Kier molecular flexibility index (Phi) is 4.64. The third-order valence-corrected chi connectivity index (χ3v) is 3.40. The Morgan fingerprint density at radius 1 is 0.714 bits per heavy atom. The molecule has 108 valence electrons. The highest BCUT2D eigenvalue weighted by Gasteiger charge is 2.12. The molecule has 0 atom stereocenters. The van der Waals surface area contributed by atoms with E-state index >= 15 is 0 Å². The molecule has 2 aromatic rings. The summed E-state index contributed by atoms with van der Waals surface area (Å²) < 4.78 is 0. The van der Waals surface area contributed by atoms with Crippen molar-refractivity contribution >= 4 is 17.8 Å². The van der Waals surface area contributed by atoms with Gasteiger partial charge >= 0.3 is 0 Å². The smallest absolute Gasteiger partial charge is 0.0314 e. The van der Waals surface area contributed by atoms with Gasteiger partial charge in [-0.2, -0.15) is 0 Å². The van der Waals surface area contributed by atoms with Gasteiger partial charge in [0.2, 0.25) is 0 Å². The third-order valence-electron chi connectivity index (χ3n) is 3.40. The van der Waals surface area contributed by atoms with E-state index in [4.69, 9.17) is 5.73 Å². The van der Waals surface area contributed by atoms with Gasteiger partial charge in [-0.25, -0.2) is 0 Å². The van der Waals surface area contributed by atoms with Crippen LogP contribution >= 0.6 is 0 Å². The highest BCUT2D eigenvalue weighted by molar-refractivity contribution is 5.58. The number of hydrogen-bond donors (Lipinski definition) is 1. The van der Waals surface area contributed by atoms with Crippen LogP contribution in [0.25, 0.3) is 12.2 Å². The second-order valence-corrected chi connectivity index (χ2v) is 6.26. The lowest BCUT2D eigenvalue weighted by molar-refractivity contribution is 0.590. The minimum Gasteiger partial charge on any atom is -0.399 e. The molecule has 2 aromatic carbocycles. The van der Waals surface area contributed by atoms with Crippen LogP contribution in [-0.4, -0.2) is 0 Å². The maximum absolute atomic E-state index is 5.66. The van der Waals surface area contributed by atoms with Crippen molar-refractivity contribution in [3.63, 3.8) is 0 Å². The van der Waals surface area contributed by atoms with Crippen LogP contribution in [0.2, 0.25) is 0 Å². The van der Waals surface area contributed by atoms with Crippen molar-refractivity contribution in [2.45, 2.75) is 26.2 Å². The van der Waals surface area contributed by atoms with Gasteiger partial charge in [-0.15, -0.1) is 0 Å². The van der Waals surface area contributed by atoms with Crippen molar-refractivity contribution < 1.29 is 0 Å². The van der Waals surface area contributed by atoms with Crippen LogP contribution < -0.4 is 5.73 Å². The van der Waals surface area contributed by atoms with Crippen molar-refractivity contribution in [3.05, 3.63) is 77.4 Å². The van der Waals surface area contributed by atoms with E-state index in [1.807, 2.05) is 30.3 Å². The van der Waals surface area contributed by atoms with E-state index in [1.54, 1.807) is 0 Å². The van der Waals surface area contributed by atoms with Crippen molar-refractivity contribution in [2.24, 2.45) is 0 Å². The molecule has 0 fully saturated rings. The van der Waals surface area contributed by atoms with Crippen molar-refractivity contribution in [1.82, 2.24) is 0 Å². The van der Waals surface area contributed by atoms with E-state index in [9.17, 15) is 0 Å². The zero-order valence-electron chi connectivity index (χ0n) is 13.0. The largest absolute Gasteiger partial charge is 0.399 e. The molecule has 0 saturated heterocycles. The first-order valence-electron chi connectivity index (χ1n) is 7.26. The van der Waals surface area contributed by atoms with Crippen LogP contribution in [0.4, 0.5) is 5.69 Å². The highest BCUT2D eigenvalue weighted by atomic mass is 14.5. The fraction of sp³-hybridized carbons (Fsp3) is 0.200. The molecule has 0 aromatic heterocycles. The van der Waals surface area contributed by atoms with Gasteiger partial charge in [0, 0.05) is 5.69 Å². The van der Waals surface area contributed by atoms with Crippen molar-refractivity contribution in [3.8, 4) is 0 Å². The minimum absolute atomic E-state index is 0.206. The molecule has 21 heavy (non-hydrogen) atoms. The summed E-state index contributed by atoms with van der Waals surface area (Å²) in [5.74, 6) is 0. The van der Waals surface area contributed by atoms with Crippen LogP contribution in [-0.2, 0) is 5.41 Å². The monoisotopic (exact) mass is 277 g/mol. The molecule has 1 heteroatoms. The summed E-state index contributed by atoms with van der Waals surface area (Å²) >= 11 is 0. The predicted molar refractivity (Wildman–Crippen MR) is 94.1 cm³/mol. The summed E-state index contributed by atoms with van der Waals surface area (Å²) in [5, 5.41) is 0. The fourth-order valence-electron chi connectivity index (χ4n) is 2.03. The lowest BCUT2D eigenvalue weighted by Gasteiger charge is -2.18. The molecule has 0 spiro atoms. The summed E-state index contributed by atoms with van der Waals surface area (Å²) in [7, 11) is 0. The van der Waals surface area contributed by atoms with Crippen LogP contribution in [0.5, 0.6) is 0 Å². The maximum Gasteiger partial charge on any atom is 0.0314 e. The SMILES string of the molecule is CC(C)(C)c1ccc(/C=C/C=C/c2ccc(N)cc2)cc1. The van der Waals surface area contributed by atoms with Gasteiger partial charge in [0.15, 0.2) is 0 Å². The lowest BCUT2D eigenvalue weighted by Crippen LogP contribution is -2.10. The van der Waals surface area contributed by atoms with E-state index in [0.29, 0.717) is 0 Å². The number of nitrogen functional groups attached to an aromatic ring is 1. The Hall–Kier alpha value is -2.28. The molecule has 0 saturated carbocycles. The van der Waals surface area contributed by atoms with E-state index in [0.717, 1.165) is 11.3 Å². The minimum atomic E-state index is 0.206. The first-order chi connectivity index (χ1) is 9.95. The van der Waals surface area contributed by atoms with E-state index < -0.39 is 0 Å². The molecule has 0 aliphatic heterocycles. The zero-order valence-corrected chi connectivity index (χ0v) is 13.0. The number of anilines is 1. The number of rotatable bonds is 3. The molecular weight excluding hydrogens is 254 g/mol. The van der Waals surface area contributed by atoms with E-state index in [2.05, 4.69) is 63.3 Å². The van der Waals surface area contributed by atoms with Gasteiger partial charge in [-0.05, 0) is 34.2 Å². The van der Waals surface area contributed by atoms with Crippen molar-refractivity contribution in [2.75, 3.05) is 5.73 Å². The van der Waals surface area contributed by atoms with Crippen molar-refractivity contribution in [1.29, 1.82) is 0 Å². The number of nitrogens with two attached hydrogens (primary N) is 1. The van der Waals surface area contributed by atoms with Crippen LogP contribution in [0.15, 0.2) is 60.7 Å². The Bertz CT molecular complexity index is 623. The normalized spacial score (nSPS) is 12.3. The standard InChI is InChI=1S/C20H23N/c1-20(2,3)18-12-8-16(9-13-18)6-4-5-7-17-10-14-19(21)15-11-17/h4-15H,21H2,1-3H3/b6-4+,7-5+. The van der Waals surface area contributed by atoms with E-state index in [1.165, 1.54) is 11.1 Å². The topological polar surface area (TPSA) is 26.0 Å². The highest BCUT2D eigenvalue weighted by Crippen LogP contribution is 2.22. The number of benzene rings is 2. The van der Waals surface area contributed by atoms with Gasteiger partial charge in [-0.3, -0.25) is 0 Å². The molecule has 0 aliphatic rings. The molecule has 0 bridgehead atoms. The van der Waals surface area contributed by atoms with Crippen LogP contribution in [0.3, 0.4) is 0 Å². The quantitative estimate of drug-likeness (QED) is 0.598. The molecule has 1 nitrogen and oxygen atoms in total. The summed E-state index contributed by atoms with van der Waals surface area (Å²) in [5.41, 5.74) is 10.4. The Morgan fingerprint density at radius 2 is 1.14 bits per heavy atom. The van der Waals surface area contributed by atoms with Gasteiger partial charge in [0.05, 0.1) is 0 Å².